The average molecular weight is 300 g/mol. The number of ether oxygens (including phenoxy) is 1. The zero-order valence-corrected chi connectivity index (χ0v) is 12.4. The van der Waals surface area contributed by atoms with E-state index in [9.17, 15) is 4.79 Å². The predicted octanol–water partition coefficient (Wildman–Crippen LogP) is 2.51. The van der Waals surface area contributed by atoms with Gasteiger partial charge in [0.2, 0.25) is 5.91 Å². The van der Waals surface area contributed by atoms with Crippen molar-refractivity contribution in [3.05, 3.63) is 59.7 Å². The maximum atomic E-state index is 12.1. The van der Waals surface area contributed by atoms with Gasteiger partial charge < -0.3 is 15.8 Å². The molecule has 0 aromatic heterocycles. The van der Waals surface area contributed by atoms with Crippen LogP contribution in [-0.2, 0) is 11.2 Å². The van der Waals surface area contributed by atoms with Crippen LogP contribution in [0.5, 0.6) is 5.75 Å². The summed E-state index contributed by atoms with van der Waals surface area (Å²) in [5.74, 6) is 0.596. The Bertz CT molecular complexity index is 654. The van der Waals surface area contributed by atoms with Gasteiger partial charge in [0, 0.05) is 16.8 Å². The van der Waals surface area contributed by atoms with Crippen LogP contribution < -0.4 is 15.8 Å². The summed E-state index contributed by atoms with van der Waals surface area (Å²) in [5.41, 5.74) is 7.85. The van der Waals surface area contributed by atoms with E-state index in [4.69, 9.17) is 22.7 Å². The van der Waals surface area contributed by atoms with Gasteiger partial charge in [0.1, 0.15) is 10.7 Å². The number of para-hydroxylation sites is 1. The minimum Gasteiger partial charge on any atom is -0.496 e. The fourth-order valence-electron chi connectivity index (χ4n) is 1.94. The minimum absolute atomic E-state index is 0.109. The van der Waals surface area contributed by atoms with E-state index >= 15 is 0 Å². The van der Waals surface area contributed by atoms with Gasteiger partial charge >= 0.3 is 0 Å². The molecule has 0 fully saturated rings. The number of nitrogens with one attached hydrogen (secondary N) is 1. The molecule has 2 rings (SSSR count). The van der Waals surface area contributed by atoms with Crippen LogP contribution >= 0.6 is 12.2 Å². The zero-order valence-electron chi connectivity index (χ0n) is 11.6. The van der Waals surface area contributed by atoms with E-state index in [0.717, 1.165) is 11.1 Å². The largest absolute Gasteiger partial charge is 0.496 e. The van der Waals surface area contributed by atoms with Gasteiger partial charge in [-0.15, -0.1) is 0 Å². The zero-order chi connectivity index (χ0) is 15.2. The number of carbonyl (C=O) groups excluding carboxylic acids is 1. The van der Waals surface area contributed by atoms with Crippen LogP contribution in [0.25, 0.3) is 0 Å². The first kappa shape index (κ1) is 15.0. The smallest absolute Gasteiger partial charge is 0.228 e. The molecule has 0 heterocycles. The topological polar surface area (TPSA) is 64.3 Å². The van der Waals surface area contributed by atoms with Crippen molar-refractivity contribution in [2.24, 2.45) is 5.73 Å². The lowest BCUT2D eigenvalue weighted by atomic mass is 10.1. The van der Waals surface area contributed by atoms with Crippen molar-refractivity contribution in [2.45, 2.75) is 6.42 Å². The molecule has 2 aromatic carbocycles. The van der Waals surface area contributed by atoms with Crippen molar-refractivity contribution in [1.82, 2.24) is 0 Å². The summed E-state index contributed by atoms with van der Waals surface area (Å²) >= 11 is 4.88. The fraction of sp³-hybridized carbons (Fsp3) is 0.125. The first-order valence-electron chi connectivity index (χ1n) is 6.42. The molecule has 108 valence electrons. The molecule has 4 nitrogen and oxygen atoms in total. The van der Waals surface area contributed by atoms with Gasteiger partial charge in [0.15, 0.2) is 0 Å². The molecular weight excluding hydrogens is 284 g/mol. The summed E-state index contributed by atoms with van der Waals surface area (Å²) in [6, 6.07) is 14.6. The molecule has 0 unspecified atom stereocenters. The molecule has 1 amide bonds. The molecule has 0 bridgehead atoms. The normalized spacial score (nSPS) is 9.95. The maximum absolute atomic E-state index is 12.1. The summed E-state index contributed by atoms with van der Waals surface area (Å²) in [4.78, 5) is 12.4. The van der Waals surface area contributed by atoms with E-state index in [1.54, 1.807) is 31.4 Å². The summed E-state index contributed by atoms with van der Waals surface area (Å²) in [7, 11) is 1.59. The van der Waals surface area contributed by atoms with Gasteiger partial charge in [-0.25, -0.2) is 0 Å². The standard InChI is InChI=1S/C16H16N2O2S/c1-20-14-5-3-2-4-12(14)10-15(19)18-13-8-6-11(7-9-13)16(17)21/h2-9H,10H2,1H3,(H2,17,21)(H,18,19). The fourth-order valence-corrected chi connectivity index (χ4v) is 2.08. The predicted molar refractivity (Wildman–Crippen MR) is 87.7 cm³/mol. The Labute approximate surface area is 128 Å². The van der Waals surface area contributed by atoms with Crippen LogP contribution in [0.4, 0.5) is 5.69 Å². The second-order valence-electron chi connectivity index (χ2n) is 4.48. The summed E-state index contributed by atoms with van der Waals surface area (Å²) in [5, 5.41) is 2.83. The number of thiocarbonyl (C=S) groups is 1. The summed E-state index contributed by atoms with van der Waals surface area (Å²) in [6.45, 7) is 0. The van der Waals surface area contributed by atoms with E-state index in [1.165, 1.54) is 0 Å². The lowest BCUT2D eigenvalue weighted by Gasteiger charge is -2.09. The average Bonchev–Trinajstić information content (AvgIpc) is 2.48. The highest BCUT2D eigenvalue weighted by Crippen LogP contribution is 2.18. The monoisotopic (exact) mass is 300 g/mol. The number of hydrogen-bond acceptors (Lipinski definition) is 3. The van der Waals surface area contributed by atoms with E-state index in [2.05, 4.69) is 5.32 Å². The number of benzene rings is 2. The van der Waals surface area contributed by atoms with Crippen molar-refractivity contribution in [2.75, 3.05) is 12.4 Å². The highest BCUT2D eigenvalue weighted by atomic mass is 32.1. The summed E-state index contributed by atoms with van der Waals surface area (Å²) < 4.78 is 5.23. The molecular formula is C16H16N2O2S. The molecule has 0 aliphatic rings. The van der Waals surface area contributed by atoms with E-state index in [0.29, 0.717) is 16.4 Å². The van der Waals surface area contributed by atoms with Crippen LogP contribution in [-0.4, -0.2) is 18.0 Å². The molecule has 0 spiro atoms. The minimum atomic E-state index is -0.109. The molecule has 0 aliphatic carbocycles. The van der Waals surface area contributed by atoms with E-state index in [-0.39, 0.29) is 12.3 Å². The molecule has 5 heteroatoms. The number of methoxy groups -OCH3 is 1. The first-order valence-corrected chi connectivity index (χ1v) is 6.82. The van der Waals surface area contributed by atoms with Gasteiger partial charge in [-0.1, -0.05) is 30.4 Å². The first-order chi connectivity index (χ1) is 10.1. The van der Waals surface area contributed by atoms with Gasteiger partial charge in [-0.3, -0.25) is 4.79 Å². The molecule has 3 N–H and O–H groups in total. The molecule has 21 heavy (non-hydrogen) atoms. The van der Waals surface area contributed by atoms with Crippen LogP contribution in [0.2, 0.25) is 0 Å². The highest BCUT2D eigenvalue weighted by molar-refractivity contribution is 7.80. The Kier molecular flexibility index (Phi) is 4.90. The third-order valence-corrected chi connectivity index (χ3v) is 3.23. The van der Waals surface area contributed by atoms with Crippen LogP contribution in [0.15, 0.2) is 48.5 Å². The number of anilines is 1. The van der Waals surface area contributed by atoms with Crippen molar-refractivity contribution in [3.63, 3.8) is 0 Å². The number of nitrogens with two attached hydrogens (primary N) is 1. The Morgan fingerprint density at radius 3 is 2.48 bits per heavy atom. The van der Waals surface area contributed by atoms with Crippen LogP contribution in [0.1, 0.15) is 11.1 Å². The Morgan fingerprint density at radius 1 is 1.19 bits per heavy atom. The van der Waals surface area contributed by atoms with E-state index < -0.39 is 0 Å². The maximum Gasteiger partial charge on any atom is 0.228 e. The third-order valence-electron chi connectivity index (χ3n) is 3.00. The molecule has 2 aromatic rings. The van der Waals surface area contributed by atoms with Crippen LogP contribution in [0, 0.1) is 0 Å². The lowest BCUT2D eigenvalue weighted by Crippen LogP contribution is -2.15. The van der Waals surface area contributed by atoms with Crippen molar-refractivity contribution < 1.29 is 9.53 Å². The lowest BCUT2D eigenvalue weighted by molar-refractivity contribution is -0.115. The molecule has 0 atom stereocenters. The highest BCUT2D eigenvalue weighted by Gasteiger charge is 2.08. The van der Waals surface area contributed by atoms with E-state index in [1.807, 2.05) is 24.3 Å². The van der Waals surface area contributed by atoms with Crippen molar-refractivity contribution in [3.8, 4) is 5.75 Å². The molecule has 0 aliphatic heterocycles. The Morgan fingerprint density at radius 2 is 1.86 bits per heavy atom. The number of carbonyl (C=O) groups is 1. The molecule has 0 saturated heterocycles. The third kappa shape index (κ3) is 4.03. The number of amides is 1. The number of hydrogen-bond donors (Lipinski definition) is 2. The molecule has 0 radical (unpaired) electrons. The van der Waals surface area contributed by atoms with Gasteiger partial charge in [-0.2, -0.15) is 0 Å². The Hall–Kier alpha value is -2.40. The Balaban J connectivity index is 2.03. The molecule has 0 saturated carbocycles. The quantitative estimate of drug-likeness (QED) is 0.833. The van der Waals surface area contributed by atoms with Gasteiger partial charge in [-0.05, 0) is 30.3 Å². The summed E-state index contributed by atoms with van der Waals surface area (Å²) in [6.07, 6.45) is 0.251. The SMILES string of the molecule is COc1ccccc1CC(=O)Nc1ccc(C(N)=S)cc1. The van der Waals surface area contributed by atoms with Crippen molar-refractivity contribution >= 4 is 28.8 Å². The second kappa shape index (κ2) is 6.85. The van der Waals surface area contributed by atoms with Gasteiger partial charge in [0.05, 0.1) is 13.5 Å². The second-order valence-corrected chi connectivity index (χ2v) is 4.92. The van der Waals surface area contributed by atoms with Crippen LogP contribution in [0.3, 0.4) is 0 Å². The van der Waals surface area contributed by atoms with Gasteiger partial charge in [0.25, 0.3) is 0 Å². The number of rotatable bonds is 5. The van der Waals surface area contributed by atoms with Crippen molar-refractivity contribution in [1.29, 1.82) is 0 Å².